The van der Waals surface area contributed by atoms with E-state index < -0.39 is 0 Å². The lowest BCUT2D eigenvalue weighted by atomic mass is 10.00. The van der Waals surface area contributed by atoms with Gasteiger partial charge in [0.25, 0.3) is 0 Å². The number of rotatable bonds is 6. The summed E-state index contributed by atoms with van der Waals surface area (Å²) < 4.78 is 5.99. The Balaban J connectivity index is 1.26. The molecule has 214 valence electrons. The number of oxazole rings is 1. The van der Waals surface area contributed by atoms with Gasteiger partial charge in [0.1, 0.15) is 17.7 Å². The average Bonchev–Trinajstić information content (AvgIpc) is 3.57. The van der Waals surface area contributed by atoms with E-state index in [0.717, 1.165) is 56.1 Å². The Kier molecular flexibility index (Phi) is 7.21. The van der Waals surface area contributed by atoms with Crippen molar-refractivity contribution >= 4 is 28.2 Å². The molecular formula is C39H22N6O. The second kappa shape index (κ2) is 11.9. The number of pyridine rings is 1. The standard InChI is InChI=1S/C39H22N6O/c40-22-26-5-7-28(8-6-26)36-20-19-35(25-43-36)45(33-15-11-27(12-16-33)30-9-10-31(23-41)32(21-30)24-42)34-17-13-29(14-18-34)39-44-37-3-1-2-4-38(37)46-39/h1-21,25H. The van der Waals surface area contributed by atoms with E-state index >= 15 is 0 Å². The van der Waals surface area contributed by atoms with Gasteiger partial charge in [-0.1, -0.05) is 42.5 Å². The van der Waals surface area contributed by atoms with Gasteiger partial charge in [-0.3, -0.25) is 4.98 Å². The van der Waals surface area contributed by atoms with E-state index in [1.165, 1.54) is 0 Å². The molecule has 7 nitrogen and oxygen atoms in total. The SMILES string of the molecule is N#Cc1ccc(-c2ccc(N(c3ccc(-c4ccc(C#N)c(C#N)c4)cc3)c3ccc(-c4nc5ccccc5o4)cc3)cn2)cc1. The quantitative estimate of drug-likeness (QED) is 0.190. The van der Waals surface area contributed by atoms with Crippen molar-refractivity contribution in [1.82, 2.24) is 9.97 Å². The third-order valence-corrected chi connectivity index (χ3v) is 7.70. The molecule has 7 aromatic rings. The molecule has 0 saturated carbocycles. The van der Waals surface area contributed by atoms with Crippen LogP contribution in [-0.4, -0.2) is 9.97 Å². The highest BCUT2D eigenvalue weighted by Gasteiger charge is 2.16. The molecule has 0 fully saturated rings. The molecule has 0 N–H and O–H groups in total. The van der Waals surface area contributed by atoms with Gasteiger partial charge in [0.15, 0.2) is 5.58 Å². The maximum Gasteiger partial charge on any atom is 0.227 e. The number of benzene rings is 5. The highest BCUT2D eigenvalue weighted by atomic mass is 16.3. The van der Waals surface area contributed by atoms with E-state index in [-0.39, 0.29) is 0 Å². The van der Waals surface area contributed by atoms with Crippen molar-refractivity contribution in [3.63, 3.8) is 0 Å². The van der Waals surface area contributed by atoms with Gasteiger partial charge in [-0.15, -0.1) is 0 Å². The maximum atomic E-state index is 9.50. The molecule has 46 heavy (non-hydrogen) atoms. The first-order valence-corrected chi connectivity index (χ1v) is 14.4. The predicted molar refractivity (Wildman–Crippen MR) is 177 cm³/mol. The molecule has 0 spiro atoms. The van der Waals surface area contributed by atoms with Crippen molar-refractivity contribution in [2.45, 2.75) is 0 Å². The molecule has 7 heteroatoms. The summed E-state index contributed by atoms with van der Waals surface area (Å²) >= 11 is 0. The van der Waals surface area contributed by atoms with Crippen LogP contribution in [0.4, 0.5) is 17.1 Å². The van der Waals surface area contributed by atoms with E-state index in [9.17, 15) is 10.5 Å². The Morgan fingerprint density at radius 3 is 1.80 bits per heavy atom. The van der Waals surface area contributed by atoms with Crippen molar-refractivity contribution < 1.29 is 4.42 Å². The molecule has 7 rings (SSSR count). The zero-order chi connectivity index (χ0) is 31.5. The van der Waals surface area contributed by atoms with Crippen LogP contribution >= 0.6 is 0 Å². The number of nitriles is 3. The van der Waals surface area contributed by atoms with Crippen LogP contribution in [0.1, 0.15) is 16.7 Å². The molecule has 5 aromatic carbocycles. The summed E-state index contributed by atoms with van der Waals surface area (Å²) in [5, 5.41) is 28.0. The molecule has 0 radical (unpaired) electrons. The van der Waals surface area contributed by atoms with Gasteiger partial charge in [-0.05, 0) is 96.1 Å². The zero-order valence-electron chi connectivity index (χ0n) is 24.3. The second-order valence-electron chi connectivity index (χ2n) is 10.5. The van der Waals surface area contributed by atoms with Crippen molar-refractivity contribution in [2.24, 2.45) is 0 Å². The number of para-hydroxylation sites is 2. The Hall–Kier alpha value is -7.01. The largest absolute Gasteiger partial charge is 0.436 e. The molecule has 0 aliphatic carbocycles. The molecule has 2 heterocycles. The van der Waals surface area contributed by atoms with Crippen molar-refractivity contribution in [1.29, 1.82) is 15.8 Å². The second-order valence-corrected chi connectivity index (χ2v) is 10.5. The van der Waals surface area contributed by atoms with Gasteiger partial charge in [0.2, 0.25) is 5.89 Å². The molecule has 0 aliphatic heterocycles. The molecule has 0 unspecified atom stereocenters. The molecule has 2 aromatic heterocycles. The lowest BCUT2D eigenvalue weighted by Crippen LogP contribution is -2.10. The first kappa shape index (κ1) is 27.8. The third-order valence-electron chi connectivity index (χ3n) is 7.70. The predicted octanol–water partition coefficient (Wildman–Crippen LogP) is 9.31. The highest BCUT2D eigenvalue weighted by Crippen LogP contribution is 2.37. The van der Waals surface area contributed by atoms with Crippen LogP contribution in [-0.2, 0) is 0 Å². The molecule has 0 aliphatic rings. The highest BCUT2D eigenvalue weighted by molar-refractivity contribution is 5.81. The molecule has 0 saturated heterocycles. The Bertz CT molecular complexity index is 2290. The summed E-state index contributed by atoms with van der Waals surface area (Å²) in [6.07, 6.45) is 1.83. The van der Waals surface area contributed by atoms with Gasteiger partial charge >= 0.3 is 0 Å². The normalized spacial score (nSPS) is 10.5. The number of hydrogen-bond acceptors (Lipinski definition) is 7. The first-order valence-electron chi connectivity index (χ1n) is 14.4. The fraction of sp³-hybridized carbons (Fsp3) is 0. The van der Waals surface area contributed by atoms with Crippen LogP contribution in [0.2, 0.25) is 0 Å². The van der Waals surface area contributed by atoms with E-state index in [0.29, 0.717) is 22.6 Å². The van der Waals surface area contributed by atoms with Crippen molar-refractivity contribution in [3.8, 4) is 52.0 Å². The molecule has 0 amide bonds. The van der Waals surface area contributed by atoms with Crippen LogP contribution in [0.3, 0.4) is 0 Å². The Labute approximate surface area is 265 Å². The van der Waals surface area contributed by atoms with E-state index in [1.54, 1.807) is 24.3 Å². The first-order chi connectivity index (χ1) is 22.6. The van der Waals surface area contributed by atoms with E-state index in [1.807, 2.05) is 109 Å². The van der Waals surface area contributed by atoms with E-state index in [2.05, 4.69) is 28.1 Å². The van der Waals surface area contributed by atoms with Crippen molar-refractivity contribution in [2.75, 3.05) is 4.90 Å². The number of hydrogen-bond donors (Lipinski definition) is 0. The smallest absolute Gasteiger partial charge is 0.227 e. The Morgan fingerprint density at radius 2 is 1.17 bits per heavy atom. The van der Waals surface area contributed by atoms with Gasteiger partial charge in [0, 0.05) is 22.5 Å². The van der Waals surface area contributed by atoms with Gasteiger partial charge in [-0.2, -0.15) is 15.8 Å². The number of fused-ring (bicyclic) bond motifs is 1. The van der Waals surface area contributed by atoms with Crippen LogP contribution in [0, 0.1) is 34.0 Å². The monoisotopic (exact) mass is 590 g/mol. The minimum absolute atomic E-state index is 0.346. The van der Waals surface area contributed by atoms with Crippen LogP contribution in [0.25, 0.3) is 44.9 Å². The topological polar surface area (TPSA) is 114 Å². The van der Waals surface area contributed by atoms with Crippen molar-refractivity contribution in [3.05, 3.63) is 150 Å². The van der Waals surface area contributed by atoms with Crippen LogP contribution in [0.15, 0.2) is 138 Å². The van der Waals surface area contributed by atoms with Gasteiger partial charge < -0.3 is 9.32 Å². The van der Waals surface area contributed by atoms with Gasteiger partial charge in [0.05, 0.1) is 40.3 Å². The number of nitrogens with zero attached hydrogens (tertiary/aromatic N) is 6. The van der Waals surface area contributed by atoms with Gasteiger partial charge in [-0.25, -0.2) is 4.98 Å². The summed E-state index contributed by atoms with van der Waals surface area (Å²) in [5.41, 5.74) is 9.85. The number of anilines is 3. The van der Waals surface area contributed by atoms with E-state index in [4.69, 9.17) is 14.7 Å². The summed E-state index contributed by atoms with van der Waals surface area (Å²) in [5.74, 6) is 0.552. The fourth-order valence-electron chi connectivity index (χ4n) is 5.32. The third kappa shape index (κ3) is 5.31. The zero-order valence-corrected chi connectivity index (χ0v) is 24.3. The minimum Gasteiger partial charge on any atom is -0.436 e. The summed E-state index contributed by atoms with van der Waals surface area (Å²) in [4.78, 5) is 11.5. The minimum atomic E-state index is 0.346. The lowest BCUT2D eigenvalue weighted by molar-refractivity contribution is 0.620. The lowest BCUT2D eigenvalue weighted by Gasteiger charge is -2.25. The molecule has 0 atom stereocenters. The Morgan fingerprint density at radius 1 is 0.543 bits per heavy atom. The summed E-state index contributed by atoms with van der Waals surface area (Å²) in [6, 6.07) is 46.6. The fourth-order valence-corrected chi connectivity index (χ4v) is 5.32. The summed E-state index contributed by atoms with van der Waals surface area (Å²) in [7, 11) is 0. The summed E-state index contributed by atoms with van der Waals surface area (Å²) in [6.45, 7) is 0. The molecular weight excluding hydrogens is 568 g/mol. The van der Waals surface area contributed by atoms with Crippen LogP contribution < -0.4 is 4.90 Å². The molecule has 0 bridgehead atoms. The average molecular weight is 591 g/mol. The maximum absolute atomic E-state index is 9.50. The number of aromatic nitrogens is 2. The van der Waals surface area contributed by atoms with Crippen LogP contribution in [0.5, 0.6) is 0 Å².